The summed E-state index contributed by atoms with van der Waals surface area (Å²) >= 11 is 0. The van der Waals surface area contributed by atoms with Crippen molar-refractivity contribution in [3.63, 3.8) is 0 Å². The Balaban J connectivity index is 3.47. The molecule has 0 saturated heterocycles. The molecule has 1 aromatic carbocycles. The van der Waals surface area contributed by atoms with Crippen LogP contribution in [0.3, 0.4) is 0 Å². The van der Waals surface area contributed by atoms with E-state index in [1.54, 1.807) is 0 Å². The van der Waals surface area contributed by atoms with Gasteiger partial charge in [-0.05, 0) is 50.3 Å². The molecule has 1 aromatic rings. The van der Waals surface area contributed by atoms with Gasteiger partial charge in [0.15, 0.2) is 0 Å². The summed E-state index contributed by atoms with van der Waals surface area (Å²) in [5.41, 5.74) is 12.8. The maximum Gasteiger partial charge on any atom is 0.0710 e. The Morgan fingerprint density at radius 2 is 1.75 bits per heavy atom. The van der Waals surface area contributed by atoms with Crippen molar-refractivity contribution in [2.75, 3.05) is 5.73 Å². The summed E-state index contributed by atoms with van der Waals surface area (Å²) in [6.45, 7) is 10.4. The van der Waals surface area contributed by atoms with Gasteiger partial charge in [-0.15, -0.1) is 0 Å². The molecule has 1 rings (SSSR count). The number of nitrogens with zero attached hydrogens (tertiary/aromatic N) is 1. The zero-order valence-corrected chi connectivity index (χ0v) is 11.0. The molecule has 2 nitrogen and oxygen atoms in total. The second kappa shape index (κ2) is 5.15. The van der Waals surface area contributed by atoms with Crippen LogP contribution in [0.15, 0.2) is 11.1 Å². The average Bonchev–Trinajstić information content (AvgIpc) is 2.25. The topological polar surface area (TPSA) is 38.4 Å². The van der Waals surface area contributed by atoms with E-state index < -0.39 is 0 Å². The number of aryl methyl sites for hydroxylation is 2. The molecule has 16 heavy (non-hydrogen) atoms. The smallest absolute Gasteiger partial charge is 0.0710 e. The largest absolute Gasteiger partial charge is 0.398 e. The molecule has 0 aliphatic carbocycles. The Morgan fingerprint density at radius 1 is 1.19 bits per heavy atom. The van der Waals surface area contributed by atoms with Crippen LogP contribution in [-0.4, -0.2) is 5.71 Å². The van der Waals surface area contributed by atoms with Crippen molar-refractivity contribution in [3.05, 3.63) is 22.8 Å². The van der Waals surface area contributed by atoms with Gasteiger partial charge in [0, 0.05) is 11.4 Å². The fourth-order valence-corrected chi connectivity index (χ4v) is 1.91. The zero-order valence-electron chi connectivity index (χ0n) is 11.0. The van der Waals surface area contributed by atoms with E-state index in [4.69, 9.17) is 5.73 Å². The van der Waals surface area contributed by atoms with Crippen molar-refractivity contribution in [1.82, 2.24) is 0 Å². The molecule has 0 unspecified atom stereocenters. The number of hydrogen-bond donors (Lipinski definition) is 1. The molecular formula is C14H22N2. The van der Waals surface area contributed by atoms with Crippen LogP contribution in [0, 0.1) is 6.92 Å². The van der Waals surface area contributed by atoms with Crippen molar-refractivity contribution < 1.29 is 0 Å². The van der Waals surface area contributed by atoms with Gasteiger partial charge in [-0.2, -0.15) is 0 Å². The monoisotopic (exact) mass is 218 g/mol. The fourth-order valence-electron chi connectivity index (χ4n) is 1.91. The molecule has 2 N–H and O–H groups in total. The number of benzene rings is 1. The Morgan fingerprint density at radius 3 is 2.19 bits per heavy atom. The Kier molecular flexibility index (Phi) is 4.11. The highest BCUT2D eigenvalue weighted by Gasteiger charge is 2.10. The van der Waals surface area contributed by atoms with Gasteiger partial charge >= 0.3 is 0 Å². The number of nitrogens with two attached hydrogens (primary N) is 1. The van der Waals surface area contributed by atoms with Crippen LogP contribution in [0.1, 0.15) is 44.4 Å². The second-order valence-corrected chi connectivity index (χ2v) is 4.35. The first kappa shape index (κ1) is 12.8. The van der Waals surface area contributed by atoms with E-state index in [2.05, 4.69) is 31.8 Å². The maximum absolute atomic E-state index is 6.12. The van der Waals surface area contributed by atoms with E-state index >= 15 is 0 Å². The molecule has 0 bridgehead atoms. The van der Waals surface area contributed by atoms with Gasteiger partial charge in [0.25, 0.3) is 0 Å². The van der Waals surface area contributed by atoms with Crippen LogP contribution in [0.5, 0.6) is 0 Å². The van der Waals surface area contributed by atoms with E-state index in [0.29, 0.717) is 0 Å². The van der Waals surface area contributed by atoms with Crippen molar-refractivity contribution in [1.29, 1.82) is 0 Å². The predicted molar refractivity (Wildman–Crippen MR) is 72.8 cm³/mol. The van der Waals surface area contributed by atoms with Crippen LogP contribution in [0.2, 0.25) is 0 Å². The van der Waals surface area contributed by atoms with E-state index in [0.717, 1.165) is 35.5 Å². The average molecular weight is 218 g/mol. The summed E-state index contributed by atoms with van der Waals surface area (Å²) < 4.78 is 0. The lowest BCUT2D eigenvalue weighted by molar-refractivity contribution is 1.07. The van der Waals surface area contributed by atoms with Gasteiger partial charge < -0.3 is 5.73 Å². The van der Waals surface area contributed by atoms with Gasteiger partial charge in [0.1, 0.15) is 0 Å². The molecule has 0 aliphatic rings. The van der Waals surface area contributed by atoms with Gasteiger partial charge in [-0.1, -0.05) is 19.9 Å². The van der Waals surface area contributed by atoms with Gasteiger partial charge in [0.2, 0.25) is 0 Å². The molecule has 0 aromatic heterocycles. The minimum atomic E-state index is 0.903. The van der Waals surface area contributed by atoms with E-state index in [1.165, 1.54) is 11.1 Å². The number of anilines is 1. The van der Waals surface area contributed by atoms with E-state index in [9.17, 15) is 0 Å². The van der Waals surface area contributed by atoms with Crippen LogP contribution in [0.25, 0.3) is 0 Å². The summed E-state index contributed by atoms with van der Waals surface area (Å²) in [7, 11) is 0. The lowest BCUT2D eigenvalue weighted by Gasteiger charge is -2.14. The Labute approximate surface area is 98.6 Å². The molecule has 0 amide bonds. The third-order valence-corrected chi connectivity index (χ3v) is 2.86. The number of nitrogen functional groups attached to an aromatic ring is 1. The normalized spacial score (nSPS) is 10.3. The van der Waals surface area contributed by atoms with E-state index in [1.807, 2.05) is 13.8 Å². The standard InChI is InChI=1S/C14H22N2/c1-6-11-8-12(7-2)14(16-9(3)4)10(5)13(11)15/h8H,6-7,15H2,1-5H3. The first-order valence-electron chi connectivity index (χ1n) is 5.93. The quantitative estimate of drug-likeness (QED) is 0.608. The van der Waals surface area contributed by atoms with Crippen LogP contribution in [-0.2, 0) is 12.8 Å². The first-order valence-corrected chi connectivity index (χ1v) is 5.93. The SMILES string of the molecule is CCc1cc(CC)c(N=C(C)C)c(C)c1N. The Hall–Kier alpha value is -1.31. The van der Waals surface area contributed by atoms with Crippen molar-refractivity contribution in [2.45, 2.75) is 47.5 Å². The van der Waals surface area contributed by atoms with Gasteiger partial charge in [-0.25, -0.2) is 0 Å². The van der Waals surface area contributed by atoms with Crippen molar-refractivity contribution in [2.24, 2.45) is 4.99 Å². The van der Waals surface area contributed by atoms with E-state index in [-0.39, 0.29) is 0 Å². The van der Waals surface area contributed by atoms with Crippen LogP contribution >= 0.6 is 0 Å². The zero-order chi connectivity index (χ0) is 12.3. The molecule has 0 fully saturated rings. The lowest BCUT2D eigenvalue weighted by atomic mass is 9.98. The minimum absolute atomic E-state index is 0.903. The third-order valence-electron chi connectivity index (χ3n) is 2.86. The Bertz CT molecular complexity index is 413. The highest BCUT2D eigenvalue weighted by Crippen LogP contribution is 2.32. The molecule has 0 heterocycles. The number of rotatable bonds is 3. The second-order valence-electron chi connectivity index (χ2n) is 4.35. The summed E-state index contributed by atoms with van der Waals surface area (Å²) in [4.78, 5) is 4.60. The predicted octanol–water partition coefficient (Wildman–Crippen LogP) is 3.81. The molecule has 0 saturated carbocycles. The van der Waals surface area contributed by atoms with Crippen LogP contribution < -0.4 is 5.73 Å². The number of aliphatic imine (C=N–C) groups is 1. The molecule has 0 spiro atoms. The molecule has 88 valence electrons. The summed E-state index contributed by atoms with van der Waals surface area (Å²) in [6, 6.07) is 2.20. The summed E-state index contributed by atoms with van der Waals surface area (Å²) in [5.74, 6) is 0. The van der Waals surface area contributed by atoms with Gasteiger partial charge in [0.05, 0.1) is 5.69 Å². The van der Waals surface area contributed by atoms with Crippen molar-refractivity contribution >= 4 is 17.1 Å². The summed E-state index contributed by atoms with van der Waals surface area (Å²) in [5, 5.41) is 0. The van der Waals surface area contributed by atoms with Gasteiger partial charge in [-0.3, -0.25) is 4.99 Å². The highest BCUT2D eigenvalue weighted by atomic mass is 14.8. The molecular weight excluding hydrogens is 196 g/mol. The molecule has 0 aliphatic heterocycles. The summed E-state index contributed by atoms with van der Waals surface area (Å²) in [6.07, 6.45) is 1.98. The molecule has 0 radical (unpaired) electrons. The third kappa shape index (κ3) is 2.43. The molecule has 0 atom stereocenters. The highest BCUT2D eigenvalue weighted by molar-refractivity contribution is 5.84. The maximum atomic E-state index is 6.12. The first-order chi connectivity index (χ1) is 7.51. The molecule has 2 heteroatoms. The minimum Gasteiger partial charge on any atom is -0.398 e. The van der Waals surface area contributed by atoms with Crippen molar-refractivity contribution in [3.8, 4) is 0 Å². The number of hydrogen-bond acceptors (Lipinski definition) is 2. The fraction of sp³-hybridized carbons (Fsp3) is 0.500. The lowest BCUT2D eigenvalue weighted by Crippen LogP contribution is -2.00. The van der Waals surface area contributed by atoms with Crippen LogP contribution in [0.4, 0.5) is 11.4 Å².